The minimum Gasteiger partial charge on any atom is -0.376 e. The molecule has 2 atom stereocenters. The molecule has 0 bridgehead atoms. The van der Waals surface area contributed by atoms with E-state index in [2.05, 4.69) is 46.0 Å². The first-order chi connectivity index (χ1) is 13.7. The minimum absolute atomic E-state index is 0.324. The lowest BCUT2D eigenvalue weighted by atomic mass is 9.96. The Kier molecular flexibility index (Phi) is 6.50. The Morgan fingerprint density at radius 2 is 1.79 bits per heavy atom. The quantitative estimate of drug-likeness (QED) is 0.743. The number of anilines is 1. The summed E-state index contributed by atoms with van der Waals surface area (Å²) in [5, 5.41) is 0.807. The lowest BCUT2D eigenvalue weighted by Gasteiger charge is -2.46. The van der Waals surface area contributed by atoms with E-state index in [-0.39, 0.29) is 0 Å². The first kappa shape index (κ1) is 19.7. The summed E-state index contributed by atoms with van der Waals surface area (Å²) in [6.45, 7) is 6.33. The number of rotatable bonds is 5. The molecule has 2 fully saturated rings. The number of ether oxygens (including phenoxy) is 1. The van der Waals surface area contributed by atoms with Crippen molar-refractivity contribution in [3.8, 4) is 0 Å². The number of hydrogen-bond donors (Lipinski definition) is 0. The first-order valence-electron chi connectivity index (χ1n) is 10.5. The van der Waals surface area contributed by atoms with Gasteiger partial charge in [0, 0.05) is 54.8 Å². The van der Waals surface area contributed by atoms with E-state index < -0.39 is 0 Å². The lowest BCUT2D eigenvalue weighted by molar-refractivity contribution is -0.0767. The van der Waals surface area contributed by atoms with Gasteiger partial charge in [0.05, 0.1) is 12.7 Å². The Morgan fingerprint density at radius 1 is 1.07 bits per heavy atom. The van der Waals surface area contributed by atoms with Gasteiger partial charge in [0.1, 0.15) is 0 Å². The van der Waals surface area contributed by atoms with Crippen LogP contribution in [0.15, 0.2) is 48.8 Å². The summed E-state index contributed by atoms with van der Waals surface area (Å²) in [4.78, 5) is 9.38. The number of piperidine rings is 1. The fourth-order valence-electron chi connectivity index (χ4n) is 4.56. The summed E-state index contributed by atoms with van der Waals surface area (Å²) < 4.78 is 6.03. The van der Waals surface area contributed by atoms with Crippen LogP contribution < -0.4 is 4.90 Å². The number of morpholine rings is 1. The van der Waals surface area contributed by atoms with Gasteiger partial charge in [-0.05, 0) is 62.4 Å². The highest BCUT2D eigenvalue weighted by molar-refractivity contribution is 6.30. The third kappa shape index (κ3) is 4.86. The topological polar surface area (TPSA) is 28.6 Å². The van der Waals surface area contributed by atoms with Crippen molar-refractivity contribution in [1.82, 2.24) is 9.88 Å². The number of nitrogens with zero attached hydrogens (tertiary/aromatic N) is 3. The van der Waals surface area contributed by atoms with Gasteiger partial charge in [-0.25, -0.2) is 0 Å². The Labute approximate surface area is 173 Å². The van der Waals surface area contributed by atoms with Crippen LogP contribution in [0.1, 0.15) is 31.7 Å². The molecular formula is C23H30ClN3O. The summed E-state index contributed by atoms with van der Waals surface area (Å²) in [5.74, 6) is 0. The molecule has 0 N–H and O–H groups in total. The highest BCUT2D eigenvalue weighted by Crippen LogP contribution is 2.27. The third-order valence-corrected chi connectivity index (χ3v) is 6.40. The van der Waals surface area contributed by atoms with Gasteiger partial charge in [-0.15, -0.1) is 0 Å². The van der Waals surface area contributed by atoms with Crippen molar-refractivity contribution in [1.29, 1.82) is 0 Å². The summed E-state index contributed by atoms with van der Waals surface area (Å²) in [6, 6.07) is 13.7. The average molecular weight is 400 g/mol. The summed E-state index contributed by atoms with van der Waals surface area (Å²) in [5.41, 5.74) is 2.65. The average Bonchev–Trinajstić information content (AvgIpc) is 2.75. The van der Waals surface area contributed by atoms with E-state index in [0.717, 1.165) is 44.1 Å². The number of hydrogen-bond acceptors (Lipinski definition) is 4. The van der Waals surface area contributed by atoms with Crippen molar-refractivity contribution in [2.45, 2.75) is 50.8 Å². The van der Waals surface area contributed by atoms with Gasteiger partial charge in [0.25, 0.3) is 0 Å². The van der Waals surface area contributed by atoms with Crippen LogP contribution in [0, 0.1) is 0 Å². The summed E-state index contributed by atoms with van der Waals surface area (Å²) in [7, 11) is 0. The van der Waals surface area contributed by atoms with Crippen molar-refractivity contribution >= 4 is 17.3 Å². The van der Waals surface area contributed by atoms with Crippen LogP contribution in [0.4, 0.5) is 5.69 Å². The fourth-order valence-corrected chi connectivity index (χ4v) is 4.69. The maximum absolute atomic E-state index is 6.03. The smallest absolute Gasteiger partial charge is 0.0674 e. The molecule has 2 saturated heterocycles. The second-order valence-electron chi connectivity index (χ2n) is 8.08. The molecule has 1 aromatic carbocycles. The molecule has 0 aliphatic carbocycles. The minimum atomic E-state index is 0.324. The number of halogens is 1. The molecule has 3 heterocycles. The molecule has 2 aliphatic heterocycles. The molecule has 28 heavy (non-hydrogen) atoms. The Balaban J connectivity index is 1.36. The van der Waals surface area contributed by atoms with Crippen LogP contribution in [0.3, 0.4) is 0 Å². The van der Waals surface area contributed by atoms with Gasteiger partial charge >= 0.3 is 0 Å². The van der Waals surface area contributed by atoms with Gasteiger partial charge in [-0.3, -0.25) is 9.88 Å². The first-order valence-corrected chi connectivity index (χ1v) is 10.8. The molecule has 2 aliphatic rings. The van der Waals surface area contributed by atoms with E-state index in [0.29, 0.717) is 18.2 Å². The van der Waals surface area contributed by atoms with Crippen molar-refractivity contribution in [2.75, 3.05) is 31.1 Å². The number of pyridine rings is 1. The highest BCUT2D eigenvalue weighted by Gasteiger charge is 2.33. The molecule has 150 valence electrons. The van der Waals surface area contributed by atoms with Crippen molar-refractivity contribution < 1.29 is 4.74 Å². The monoisotopic (exact) mass is 399 g/mol. The van der Waals surface area contributed by atoms with Crippen molar-refractivity contribution in [2.24, 2.45) is 0 Å². The predicted molar refractivity (Wildman–Crippen MR) is 115 cm³/mol. The predicted octanol–water partition coefficient (Wildman–Crippen LogP) is 4.43. The van der Waals surface area contributed by atoms with Crippen molar-refractivity contribution in [3.05, 3.63) is 59.4 Å². The molecule has 0 amide bonds. The molecule has 4 nitrogen and oxygen atoms in total. The van der Waals surface area contributed by atoms with E-state index in [9.17, 15) is 0 Å². The molecule has 0 saturated carbocycles. The highest BCUT2D eigenvalue weighted by atomic mass is 35.5. The zero-order valence-corrected chi connectivity index (χ0v) is 17.4. The zero-order chi connectivity index (χ0) is 19.3. The van der Waals surface area contributed by atoms with Crippen molar-refractivity contribution in [3.63, 3.8) is 0 Å². The van der Waals surface area contributed by atoms with Gasteiger partial charge in [0.2, 0.25) is 0 Å². The SMILES string of the molecule is C[C@H]1CN(C2CCN(c3ccncc3)CC2)[C@@H](CCc2ccc(Cl)cc2)CO1. The standard InChI is InChI=1S/C23H30ClN3O/c1-18-16-27(22-10-14-26(15-11-22)21-8-12-25-13-9-21)23(17-28-18)7-4-19-2-5-20(24)6-3-19/h2-3,5-6,8-9,12-13,18,22-23H,4,7,10-11,14-17H2,1H3/t18-,23-/m0/s1. The fraction of sp³-hybridized carbons (Fsp3) is 0.522. The Hall–Kier alpha value is -1.62. The van der Waals surface area contributed by atoms with Gasteiger partial charge in [0.15, 0.2) is 0 Å². The van der Waals surface area contributed by atoms with Gasteiger partial charge < -0.3 is 9.64 Å². The van der Waals surface area contributed by atoms with E-state index >= 15 is 0 Å². The second-order valence-corrected chi connectivity index (χ2v) is 8.52. The van der Waals surface area contributed by atoms with E-state index in [1.807, 2.05) is 24.5 Å². The summed E-state index contributed by atoms with van der Waals surface area (Å²) >= 11 is 6.02. The molecule has 0 radical (unpaired) electrons. The molecule has 4 rings (SSSR count). The van der Waals surface area contributed by atoms with Crippen LogP contribution in [0.2, 0.25) is 5.02 Å². The maximum atomic E-state index is 6.03. The molecular weight excluding hydrogens is 370 g/mol. The molecule has 5 heteroatoms. The maximum Gasteiger partial charge on any atom is 0.0674 e. The molecule has 2 aromatic rings. The van der Waals surface area contributed by atoms with Gasteiger partial charge in [-0.2, -0.15) is 0 Å². The number of aromatic nitrogens is 1. The molecule has 0 unspecified atom stereocenters. The Bertz CT molecular complexity index is 731. The largest absolute Gasteiger partial charge is 0.376 e. The third-order valence-electron chi connectivity index (χ3n) is 6.15. The molecule has 0 spiro atoms. The normalized spacial score (nSPS) is 24.4. The zero-order valence-electron chi connectivity index (χ0n) is 16.6. The summed E-state index contributed by atoms with van der Waals surface area (Å²) in [6.07, 6.45) is 8.74. The van der Waals surface area contributed by atoms with Crippen LogP contribution >= 0.6 is 11.6 Å². The molecule has 1 aromatic heterocycles. The van der Waals surface area contributed by atoms with Crippen LogP contribution in [-0.4, -0.2) is 54.3 Å². The van der Waals surface area contributed by atoms with E-state index in [4.69, 9.17) is 16.3 Å². The lowest BCUT2D eigenvalue weighted by Crippen LogP contribution is -2.56. The van der Waals surface area contributed by atoms with Crippen LogP contribution in [0.25, 0.3) is 0 Å². The van der Waals surface area contributed by atoms with Crippen LogP contribution in [0.5, 0.6) is 0 Å². The number of benzene rings is 1. The second kappa shape index (κ2) is 9.25. The van der Waals surface area contributed by atoms with E-state index in [1.54, 1.807) is 0 Å². The van der Waals surface area contributed by atoms with Gasteiger partial charge in [-0.1, -0.05) is 23.7 Å². The van der Waals surface area contributed by atoms with E-state index in [1.165, 1.54) is 24.1 Å². The number of aryl methyl sites for hydroxylation is 1. The Morgan fingerprint density at radius 3 is 2.50 bits per heavy atom. The van der Waals surface area contributed by atoms with Crippen LogP contribution in [-0.2, 0) is 11.2 Å².